The Kier molecular flexibility index (Phi) is 7.99. The summed E-state index contributed by atoms with van der Waals surface area (Å²) in [5.41, 5.74) is -4.14. The van der Waals surface area contributed by atoms with Gasteiger partial charge in [0.1, 0.15) is 5.41 Å². The van der Waals surface area contributed by atoms with E-state index in [0.29, 0.717) is 32.1 Å². The zero-order valence-corrected chi connectivity index (χ0v) is 19.4. The summed E-state index contributed by atoms with van der Waals surface area (Å²) < 4.78 is 0. The molecule has 0 aromatic carbocycles. The molecule has 2 aliphatic carbocycles. The van der Waals surface area contributed by atoms with E-state index in [4.69, 9.17) is 0 Å². The van der Waals surface area contributed by atoms with Gasteiger partial charge < -0.3 is 10.2 Å². The highest BCUT2D eigenvalue weighted by Crippen LogP contribution is 2.67. The summed E-state index contributed by atoms with van der Waals surface area (Å²) in [5, 5.41) is 32.2. The number of nitriles is 1. The van der Waals surface area contributed by atoms with Gasteiger partial charge >= 0.3 is 11.9 Å². The molecule has 0 spiro atoms. The third-order valence-corrected chi connectivity index (χ3v) is 8.00. The Morgan fingerprint density at radius 1 is 0.933 bits per heavy atom. The number of nitrogens with zero attached hydrogens (tertiary/aromatic N) is 1. The standard InChI is InChI=1S/C25H41NO4/c1-18(2)15-23(13-9-6-10-14-23)25(22(29)30,16-19(3)4)24(17-26,21(27)28)20-11-7-5-8-12-20/h18-20H,5-16H2,1-4H3,(H,27,28)(H,29,30). The van der Waals surface area contributed by atoms with E-state index < -0.39 is 34.1 Å². The minimum Gasteiger partial charge on any atom is -0.481 e. The fourth-order valence-electron chi connectivity index (χ4n) is 7.18. The van der Waals surface area contributed by atoms with Crippen molar-refractivity contribution < 1.29 is 19.8 Å². The molecule has 2 unspecified atom stereocenters. The van der Waals surface area contributed by atoms with Crippen LogP contribution in [0.3, 0.4) is 0 Å². The van der Waals surface area contributed by atoms with E-state index in [1.165, 1.54) is 0 Å². The van der Waals surface area contributed by atoms with Crippen molar-refractivity contribution in [3.8, 4) is 6.07 Å². The van der Waals surface area contributed by atoms with Crippen LogP contribution in [-0.4, -0.2) is 22.2 Å². The van der Waals surface area contributed by atoms with Crippen LogP contribution in [0.4, 0.5) is 0 Å². The minimum atomic E-state index is -1.89. The molecule has 2 atom stereocenters. The maximum atomic E-state index is 13.4. The van der Waals surface area contributed by atoms with Gasteiger partial charge in [-0.1, -0.05) is 66.2 Å². The van der Waals surface area contributed by atoms with Crippen molar-refractivity contribution in [3.63, 3.8) is 0 Å². The van der Waals surface area contributed by atoms with Crippen LogP contribution in [0, 0.1) is 45.3 Å². The first kappa shape index (κ1) is 24.7. The third-order valence-electron chi connectivity index (χ3n) is 8.00. The Balaban J connectivity index is 2.88. The Hall–Kier alpha value is -1.57. The molecular formula is C25H41NO4. The van der Waals surface area contributed by atoms with Crippen molar-refractivity contribution in [1.29, 1.82) is 5.26 Å². The zero-order chi connectivity index (χ0) is 22.6. The summed E-state index contributed by atoms with van der Waals surface area (Å²) in [6, 6.07) is 2.23. The van der Waals surface area contributed by atoms with E-state index in [9.17, 15) is 25.1 Å². The van der Waals surface area contributed by atoms with Gasteiger partial charge in [0.15, 0.2) is 5.41 Å². The minimum absolute atomic E-state index is 0.0114. The van der Waals surface area contributed by atoms with E-state index in [1.807, 2.05) is 13.8 Å². The number of carboxylic acids is 2. The molecule has 0 bridgehead atoms. The number of hydrogen-bond donors (Lipinski definition) is 2. The normalized spacial score (nSPS) is 24.0. The lowest BCUT2D eigenvalue weighted by Gasteiger charge is -2.59. The van der Waals surface area contributed by atoms with Gasteiger partial charge in [0.05, 0.1) is 6.07 Å². The molecule has 0 saturated heterocycles. The Bertz CT molecular complexity index is 653. The summed E-state index contributed by atoms with van der Waals surface area (Å²) in [7, 11) is 0. The number of carbonyl (C=O) groups is 2. The van der Waals surface area contributed by atoms with Gasteiger partial charge in [-0.15, -0.1) is 0 Å². The van der Waals surface area contributed by atoms with Gasteiger partial charge in [-0.25, -0.2) is 0 Å². The number of aliphatic carboxylic acids is 2. The second-order valence-electron chi connectivity index (χ2n) is 10.8. The molecular weight excluding hydrogens is 378 g/mol. The average molecular weight is 420 g/mol. The molecule has 5 nitrogen and oxygen atoms in total. The second-order valence-corrected chi connectivity index (χ2v) is 10.8. The molecule has 0 aliphatic heterocycles. The first-order chi connectivity index (χ1) is 14.1. The molecule has 30 heavy (non-hydrogen) atoms. The summed E-state index contributed by atoms with van der Waals surface area (Å²) >= 11 is 0. The summed E-state index contributed by atoms with van der Waals surface area (Å²) in [5.74, 6) is -2.45. The largest absolute Gasteiger partial charge is 0.481 e. The van der Waals surface area contributed by atoms with Gasteiger partial charge in [0.2, 0.25) is 0 Å². The highest BCUT2D eigenvalue weighted by molar-refractivity contribution is 5.90. The lowest BCUT2D eigenvalue weighted by molar-refractivity contribution is -0.201. The van der Waals surface area contributed by atoms with Crippen LogP contribution in [0.2, 0.25) is 0 Å². The van der Waals surface area contributed by atoms with Crippen LogP contribution in [0.5, 0.6) is 0 Å². The smallest absolute Gasteiger partial charge is 0.325 e. The van der Waals surface area contributed by atoms with Crippen LogP contribution in [0.25, 0.3) is 0 Å². The lowest BCUT2D eigenvalue weighted by Crippen LogP contribution is -2.65. The van der Waals surface area contributed by atoms with Gasteiger partial charge in [-0.2, -0.15) is 5.26 Å². The number of carboxylic acid groups (broad SMARTS) is 2. The molecule has 0 amide bonds. The van der Waals surface area contributed by atoms with Gasteiger partial charge in [-0.3, -0.25) is 9.59 Å². The number of hydrogen-bond acceptors (Lipinski definition) is 3. The molecule has 2 rings (SSSR count). The van der Waals surface area contributed by atoms with E-state index in [2.05, 4.69) is 19.9 Å². The second kappa shape index (κ2) is 9.71. The van der Waals surface area contributed by atoms with Crippen LogP contribution in [0.15, 0.2) is 0 Å². The highest BCUT2D eigenvalue weighted by Gasteiger charge is 2.73. The fraction of sp³-hybridized carbons (Fsp3) is 0.880. The molecule has 5 heteroatoms. The quantitative estimate of drug-likeness (QED) is 0.458. The van der Waals surface area contributed by atoms with Crippen molar-refractivity contribution in [1.82, 2.24) is 0 Å². The SMILES string of the molecule is CC(C)CC1(C(CC(C)C)(C(=O)O)C(C#N)(C(=O)O)C2CCCCC2)CCCCC1. The Morgan fingerprint density at radius 2 is 1.47 bits per heavy atom. The van der Waals surface area contributed by atoms with Crippen LogP contribution < -0.4 is 0 Å². The van der Waals surface area contributed by atoms with Crippen molar-refractivity contribution in [2.75, 3.05) is 0 Å². The van der Waals surface area contributed by atoms with Crippen molar-refractivity contribution in [3.05, 3.63) is 0 Å². The van der Waals surface area contributed by atoms with E-state index in [-0.39, 0.29) is 18.3 Å². The van der Waals surface area contributed by atoms with Crippen molar-refractivity contribution in [2.45, 2.75) is 105 Å². The van der Waals surface area contributed by atoms with Gasteiger partial charge in [0.25, 0.3) is 0 Å². The molecule has 0 radical (unpaired) electrons. The topological polar surface area (TPSA) is 98.4 Å². The Labute approximate surface area is 182 Å². The van der Waals surface area contributed by atoms with Gasteiger partial charge in [0, 0.05) is 0 Å². The maximum Gasteiger partial charge on any atom is 0.325 e. The highest BCUT2D eigenvalue weighted by atomic mass is 16.4. The zero-order valence-electron chi connectivity index (χ0n) is 19.4. The molecule has 0 aromatic heterocycles. The molecule has 2 fully saturated rings. The molecule has 2 saturated carbocycles. The Morgan fingerprint density at radius 3 is 1.87 bits per heavy atom. The fourth-order valence-corrected chi connectivity index (χ4v) is 7.18. The van der Waals surface area contributed by atoms with Crippen LogP contribution in [-0.2, 0) is 9.59 Å². The summed E-state index contributed by atoms with van der Waals surface area (Å²) in [4.78, 5) is 26.5. The molecule has 0 aromatic rings. The maximum absolute atomic E-state index is 13.4. The van der Waals surface area contributed by atoms with Gasteiger partial charge in [-0.05, 0) is 61.7 Å². The molecule has 2 aliphatic rings. The van der Waals surface area contributed by atoms with Crippen LogP contribution in [0.1, 0.15) is 105 Å². The van der Waals surface area contributed by atoms with E-state index >= 15 is 0 Å². The summed E-state index contributed by atoms with van der Waals surface area (Å²) in [6.07, 6.45) is 9.20. The van der Waals surface area contributed by atoms with Crippen molar-refractivity contribution in [2.24, 2.45) is 34.0 Å². The van der Waals surface area contributed by atoms with E-state index in [1.54, 1.807) is 0 Å². The predicted molar refractivity (Wildman–Crippen MR) is 117 cm³/mol. The third kappa shape index (κ3) is 3.99. The first-order valence-corrected chi connectivity index (χ1v) is 12.0. The number of rotatable bonds is 9. The predicted octanol–water partition coefficient (Wildman–Crippen LogP) is 6.27. The van der Waals surface area contributed by atoms with E-state index in [0.717, 1.165) is 38.5 Å². The molecule has 170 valence electrons. The summed E-state index contributed by atoms with van der Waals surface area (Å²) in [6.45, 7) is 8.12. The average Bonchev–Trinajstić information content (AvgIpc) is 2.68. The van der Waals surface area contributed by atoms with Crippen LogP contribution >= 0.6 is 0 Å². The molecule has 0 heterocycles. The monoisotopic (exact) mass is 419 g/mol. The first-order valence-electron chi connectivity index (χ1n) is 12.0. The van der Waals surface area contributed by atoms with Crippen molar-refractivity contribution >= 4 is 11.9 Å². The lowest BCUT2D eigenvalue weighted by atomic mass is 9.40. The molecule has 2 N–H and O–H groups in total.